The number of benzene rings is 2. The molecule has 0 saturated carbocycles. The molecule has 2 aromatic carbocycles. The Hall–Kier alpha value is -2.29. The standard InChI is InChI=1S/C24H31N3O3.HI/c1-25-24(27-16-13-21(14-17-27)23(28)29-2)26-15-12-19-8-10-22(11-9-19)30-18-20-6-4-3-5-7-20;/h3-11,21H,12-18H2,1-2H3,(H,25,26);1H. The van der Waals surface area contributed by atoms with Gasteiger partial charge in [-0.1, -0.05) is 42.5 Å². The summed E-state index contributed by atoms with van der Waals surface area (Å²) in [7, 11) is 3.25. The van der Waals surface area contributed by atoms with E-state index in [1.54, 1.807) is 7.05 Å². The summed E-state index contributed by atoms with van der Waals surface area (Å²) >= 11 is 0. The minimum atomic E-state index is -0.103. The van der Waals surface area contributed by atoms with Gasteiger partial charge in [-0.3, -0.25) is 9.79 Å². The number of piperidine rings is 1. The Balaban J connectivity index is 0.00000341. The lowest BCUT2D eigenvalue weighted by Crippen LogP contribution is -2.47. The van der Waals surface area contributed by atoms with Gasteiger partial charge >= 0.3 is 5.97 Å². The van der Waals surface area contributed by atoms with Gasteiger partial charge in [-0.05, 0) is 42.5 Å². The minimum Gasteiger partial charge on any atom is -0.489 e. The lowest BCUT2D eigenvalue weighted by molar-refractivity contribution is -0.146. The van der Waals surface area contributed by atoms with Crippen molar-refractivity contribution in [1.29, 1.82) is 0 Å². The molecule has 1 aliphatic heterocycles. The van der Waals surface area contributed by atoms with Crippen molar-refractivity contribution in [2.75, 3.05) is 33.8 Å². The van der Waals surface area contributed by atoms with E-state index in [0.29, 0.717) is 6.61 Å². The summed E-state index contributed by atoms with van der Waals surface area (Å²) in [6.45, 7) is 3.00. The predicted octanol–water partition coefficient (Wildman–Crippen LogP) is 3.89. The molecule has 31 heavy (non-hydrogen) atoms. The zero-order valence-corrected chi connectivity index (χ0v) is 20.6. The summed E-state index contributed by atoms with van der Waals surface area (Å²) in [6.07, 6.45) is 2.51. The van der Waals surface area contributed by atoms with Gasteiger partial charge in [-0.25, -0.2) is 0 Å². The number of carbonyl (C=O) groups excluding carboxylic acids is 1. The smallest absolute Gasteiger partial charge is 0.308 e. The number of likely N-dealkylation sites (tertiary alicyclic amines) is 1. The zero-order chi connectivity index (χ0) is 21.2. The molecular weight excluding hydrogens is 505 g/mol. The van der Waals surface area contributed by atoms with Gasteiger partial charge in [-0.15, -0.1) is 24.0 Å². The van der Waals surface area contributed by atoms with Gasteiger partial charge in [0.25, 0.3) is 0 Å². The SMILES string of the molecule is CN=C(NCCc1ccc(OCc2ccccc2)cc1)N1CCC(C(=O)OC)CC1.I. The fourth-order valence-electron chi connectivity index (χ4n) is 3.64. The Morgan fingerprint density at radius 3 is 2.35 bits per heavy atom. The maximum Gasteiger partial charge on any atom is 0.308 e. The van der Waals surface area contributed by atoms with Crippen LogP contribution in [0.5, 0.6) is 5.75 Å². The first-order chi connectivity index (χ1) is 14.7. The summed E-state index contributed by atoms with van der Waals surface area (Å²) < 4.78 is 10.7. The van der Waals surface area contributed by atoms with Crippen molar-refractivity contribution >= 4 is 35.9 Å². The van der Waals surface area contributed by atoms with Gasteiger partial charge < -0.3 is 19.7 Å². The summed E-state index contributed by atoms with van der Waals surface area (Å²) in [5.74, 6) is 1.67. The number of ether oxygens (including phenoxy) is 2. The average Bonchev–Trinajstić information content (AvgIpc) is 2.81. The van der Waals surface area contributed by atoms with Gasteiger partial charge in [0.2, 0.25) is 0 Å². The van der Waals surface area contributed by atoms with E-state index < -0.39 is 0 Å². The van der Waals surface area contributed by atoms with Crippen LogP contribution in [-0.2, 0) is 22.6 Å². The number of aliphatic imine (C=N–C) groups is 1. The average molecular weight is 537 g/mol. The van der Waals surface area contributed by atoms with Crippen LogP contribution in [0, 0.1) is 5.92 Å². The van der Waals surface area contributed by atoms with E-state index in [4.69, 9.17) is 9.47 Å². The number of rotatable bonds is 7. The van der Waals surface area contributed by atoms with Crippen molar-refractivity contribution in [3.63, 3.8) is 0 Å². The molecule has 0 spiro atoms. The maximum atomic E-state index is 11.7. The molecule has 1 N–H and O–H groups in total. The van der Waals surface area contributed by atoms with E-state index >= 15 is 0 Å². The quantitative estimate of drug-likeness (QED) is 0.252. The summed E-state index contributed by atoms with van der Waals surface area (Å²) in [5, 5.41) is 3.44. The number of methoxy groups -OCH3 is 1. The molecule has 6 nitrogen and oxygen atoms in total. The molecule has 168 valence electrons. The first-order valence-corrected chi connectivity index (χ1v) is 10.5. The Labute approximate surface area is 202 Å². The molecular formula is C24H32IN3O3. The highest BCUT2D eigenvalue weighted by atomic mass is 127. The van der Waals surface area contributed by atoms with Crippen LogP contribution in [0.15, 0.2) is 59.6 Å². The van der Waals surface area contributed by atoms with Gasteiger partial charge in [0, 0.05) is 26.7 Å². The zero-order valence-electron chi connectivity index (χ0n) is 18.3. The number of hydrogen-bond acceptors (Lipinski definition) is 4. The molecule has 1 heterocycles. The van der Waals surface area contributed by atoms with Crippen LogP contribution in [0.4, 0.5) is 0 Å². The Morgan fingerprint density at radius 1 is 1.06 bits per heavy atom. The number of esters is 1. The molecule has 3 rings (SSSR count). The van der Waals surface area contributed by atoms with Crippen molar-refractivity contribution in [2.45, 2.75) is 25.9 Å². The second-order valence-electron chi connectivity index (χ2n) is 7.43. The molecule has 1 fully saturated rings. The van der Waals surface area contributed by atoms with Crippen LogP contribution in [-0.4, -0.2) is 50.6 Å². The number of guanidine groups is 1. The highest BCUT2D eigenvalue weighted by Crippen LogP contribution is 2.18. The van der Waals surface area contributed by atoms with E-state index in [1.165, 1.54) is 12.7 Å². The molecule has 0 bridgehead atoms. The number of nitrogens with zero attached hydrogens (tertiary/aromatic N) is 2. The number of nitrogens with one attached hydrogen (secondary N) is 1. The van der Waals surface area contributed by atoms with Crippen molar-refractivity contribution in [3.8, 4) is 5.75 Å². The fourth-order valence-corrected chi connectivity index (χ4v) is 3.64. The van der Waals surface area contributed by atoms with Crippen LogP contribution in [0.2, 0.25) is 0 Å². The van der Waals surface area contributed by atoms with Gasteiger partial charge in [0.1, 0.15) is 12.4 Å². The van der Waals surface area contributed by atoms with E-state index in [0.717, 1.165) is 56.2 Å². The predicted molar refractivity (Wildman–Crippen MR) is 134 cm³/mol. The Bertz CT molecular complexity index is 820. The van der Waals surface area contributed by atoms with E-state index in [1.807, 2.05) is 30.3 Å². The van der Waals surface area contributed by atoms with Gasteiger partial charge in [0.15, 0.2) is 5.96 Å². The second kappa shape index (κ2) is 13.2. The number of carbonyl (C=O) groups is 1. The first kappa shape index (κ1) is 25.0. The first-order valence-electron chi connectivity index (χ1n) is 10.5. The third kappa shape index (κ3) is 7.72. The monoisotopic (exact) mass is 537 g/mol. The largest absolute Gasteiger partial charge is 0.489 e. The lowest BCUT2D eigenvalue weighted by atomic mass is 9.97. The lowest BCUT2D eigenvalue weighted by Gasteiger charge is -2.33. The molecule has 0 radical (unpaired) electrons. The number of halogens is 1. The van der Waals surface area contributed by atoms with Gasteiger partial charge in [-0.2, -0.15) is 0 Å². The normalized spacial score (nSPS) is 14.5. The van der Waals surface area contributed by atoms with E-state index in [9.17, 15) is 4.79 Å². The molecule has 7 heteroatoms. The van der Waals surface area contributed by atoms with Crippen LogP contribution in [0.25, 0.3) is 0 Å². The highest BCUT2D eigenvalue weighted by Gasteiger charge is 2.26. The Morgan fingerprint density at radius 2 is 1.74 bits per heavy atom. The molecule has 0 aliphatic carbocycles. The fraction of sp³-hybridized carbons (Fsp3) is 0.417. The van der Waals surface area contributed by atoms with Crippen LogP contribution >= 0.6 is 24.0 Å². The maximum absolute atomic E-state index is 11.7. The third-order valence-electron chi connectivity index (χ3n) is 5.41. The topological polar surface area (TPSA) is 63.2 Å². The Kier molecular flexibility index (Phi) is 10.6. The third-order valence-corrected chi connectivity index (χ3v) is 5.41. The summed E-state index contributed by atoms with van der Waals surface area (Å²) in [6, 6.07) is 18.4. The molecule has 0 amide bonds. The van der Waals surface area contributed by atoms with Gasteiger partial charge in [0.05, 0.1) is 13.0 Å². The molecule has 0 unspecified atom stereocenters. The molecule has 0 aromatic heterocycles. The number of hydrogen-bond donors (Lipinski definition) is 1. The molecule has 1 aliphatic rings. The molecule has 2 aromatic rings. The van der Waals surface area contributed by atoms with Crippen molar-refractivity contribution in [1.82, 2.24) is 10.2 Å². The molecule has 1 saturated heterocycles. The summed E-state index contributed by atoms with van der Waals surface area (Å²) in [4.78, 5) is 18.3. The van der Waals surface area contributed by atoms with Crippen molar-refractivity contribution in [3.05, 3.63) is 65.7 Å². The highest BCUT2D eigenvalue weighted by molar-refractivity contribution is 14.0. The van der Waals surface area contributed by atoms with Crippen LogP contribution in [0.1, 0.15) is 24.0 Å². The van der Waals surface area contributed by atoms with Crippen LogP contribution < -0.4 is 10.1 Å². The van der Waals surface area contributed by atoms with Crippen LogP contribution in [0.3, 0.4) is 0 Å². The van der Waals surface area contributed by atoms with Crippen molar-refractivity contribution in [2.24, 2.45) is 10.9 Å². The minimum absolute atomic E-state index is 0. The van der Waals surface area contributed by atoms with E-state index in [2.05, 4.69) is 39.5 Å². The molecule has 0 atom stereocenters. The van der Waals surface area contributed by atoms with E-state index in [-0.39, 0.29) is 35.9 Å². The van der Waals surface area contributed by atoms with Crippen molar-refractivity contribution < 1.29 is 14.3 Å². The summed E-state index contributed by atoms with van der Waals surface area (Å²) in [5.41, 5.74) is 2.40. The second-order valence-corrected chi connectivity index (χ2v) is 7.43.